The fourth-order valence-electron chi connectivity index (χ4n) is 5.27. The van der Waals surface area contributed by atoms with Crippen LogP contribution in [0.15, 0.2) is 24.5 Å². The predicted molar refractivity (Wildman–Crippen MR) is 106 cm³/mol. The fraction of sp³-hybridized carbons (Fsp3) is 0.545. The first kappa shape index (κ1) is 19.4. The lowest BCUT2D eigenvalue weighted by Crippen LogP contribution is -2.56. The Labute approximate surface area is 170 Å². The van der Waals surface area contributed by atoms with Crippen LogP contribution in [0.4, 0.5) is 0 Å². The number of carbonyl (C=O) groups is 2. The Bertz CT molecular complexity index is 837. The van der Waals surface area contributed by atoms with Gasteiger partial charge in [0.25, 0.3) is 5.91 Å². The number of piperidine rings is 1. The van der Waals surface area contributed by atoms with Crippen molar-refractivity contribution in [1.82, 2.24) is 14.8 Å². The van der Waals surface area contributed by atoms with Crippen molar-refractivity contribution in [1.29, 1.82) is 5.26 Å². The summed E-state index contributed by atoms with van der Waals surface area (Å²) in [6, 6.07) is 4.28. The zero-order valence-electron chi connectivity index (χ0n) is 16.3. The third-order valence-electron chi connectivity index (χ3n) is 6.71. The maximum atomic E-state index is 13.1. The summed E-state index contributed by atoms with van der Waals surface area (Å²) in [6.07, 6.45) is 13.3. The van der Waals surface area contributed by atoms with Crippen LogP contribution in [0, 0.1) is 29.6 Å². The summed E-state index contributed by atoms with van der Waals surface area (Å²) >= 11 is 0. The van der Waals surface area contributed by atoms with Gasteiger partial charge in [-0.1, -0.05) is 5.92 Å². The molecule has 0 saturated carbocycles. The first-order chi connectivity index (χ1) is 14.0. The highest BCUT2D eigenvalue weighted by atomic mass is 16.2. The summed E-state index contributed by atoms with van der Waals surface area (Å²) in [6.45, 7) is 0. The molecule has 29 heavy (non-hydrogen) atoms. The van der Waals surface area contributed by atoms with Crippen LogP contribution in [0.1, 0.15) is 48.9 Å². The van der Waals surface area contributed by atoms with E-state index in [-0.39, 0.29) is 35.9 Å². The number of amides is 2. The summed E-state index contributed by atoms with van der Waals surface area (Å²) in [5, 5.41) is 9.39. The smallest absolute Gasteiger partial charge is 0.254 e. The SMILES string of the molecule is C#C[C@H]1CC[C@@H](C#N)N1C(=O)[C@@H](N)C1CC2CCC(C1)N2C(=O)c1ccncc1. The van der Waals surface area contributed by atoms with Crippen molar-refractivity contribution in [3.05, 3.63) is 30.1 Å². The van der Waals surface area contributed by atoms with E-state index < -0.39 is 12.1 Å². The number of hydrogen-bond donors (Lipinski definition) is 1. The number of nitrogens with two attached hydrogens (primary N) is 1. The van der Waals surface area contributed by atoms with Crippen molar-refractivity contribution >= 4 is 11.8 Å². The van der Waals surface area contributed by atoms with Gasteiger partial charge in [0, 0.05) is 30.0 Å². The van der Waals surface area contributed by atoms with Gasteiger partial charge in [-0.3, -0.25) is 14.6 Å². The van der Waals surface area contributed by atoms with Gasteiger partial charge in [-0.2, -0.15) is 5.26 Å². The number of nitrogens with zero attached hydrogens (tertiary/aromatic N) is 4. The van der Waals surface area contributed by atoms with E-state index >= 15 is 0 Å². The van der Waals surface area contributed by atoms with Gasteiger partial charge in [0.1, 0.15) is 6.04 Å². The van der Waals surface area contributed by atoms with Crippen LogP contribution in [-0.4, -0.2) is 56.8 Å². The highest BCUT2D eigenvalue weighted by Crippen LogP contribution is 2.41. The summed E-state index contributed by atoms with van der Waals surface area (Å²) in [5.41, 5.74) is 7.05. The second-order valence-electron chi connectivity index (χ2n) is 8.24. The normalized spacial score (nSPS) is 31.8. The van der Waals surface area contributed by atoms with Gasteiger partial charge in [-0.15, -0.1) is 6.42 Å². The van der Waals surface area contributed by atoms with Crippen molar-refractivity contribution in [2.45, 2.75) is 68.7 Å². The Morgan fingerprint density at radius 3 is 2.31 bits per heavy atom. The fourth-order valence-corrected chi connectivity index (χ4v) is 5.27. The number of fused-ring (bicyclic) bond motifs is 2. The number of pyridine rings is 1. The largest absolute Gasteiger partial charge is 0.333 e. The molecule has 0 aliphatic carbocycles. The Kier molecular flexibility index (Phi) is 5.25. The summed E-state index contributed by atoms with van der Waals surface area (Å²) in [5.74, 6) is 2.41. The quantitative estimate of drug-likeness (QED) is 0.783. The Morgan fingerprint density at radius 2 is 1.72 bits per heavy atom. The minimum atomic E-state index is -0.693. The zero-order valence-corrected chi connectivity index (χ0v) is 16.3. The van der Waals surface area contributed by atoms with Crippen molar-refractivity contribution in [2.75, 3.05) is 0 Å². The molecule has 2 N–H and O–H groups in total. The molecule has 2 amide bonds. The van der Waals surface area contributed by atoms with Crippen LogP contribution in [0.5, 0.6) is 0 Å². The average Bonchev–Trinajstić information content (AvgIpc) is 3.30. The molecule has 150 valence electrons. The molecular weight excluding hydrogens is 366 g/mol. The van der Waals surface area contributed by atoms with Crippen LogP contribution >= 0.6 is 0 Å². The van der Waals surface area contributed by atoms with Crippen LogP contribution < -0.4 is 5.73 Å². The van der Waals surface area contributed by atoms with E-state index in [4.69, 9.17) is 12.2 Å². The van der Waals surface area contributed by atoms with E-state index in [1.165, 1.54) is 4.90 Å². The third-order valence-corrected chi connectivity index (χ3v) is 6.71. The molecule has 3 saturated heterocycles. The Hall–Kier alpha value is -2.90. The molecule has 1 aromatic heterocycles. The van der Waals surface area contributed by atoms with Gasteiger partial charge < -0.3 is 15.5 Å². The van der Waals surface area contributed by atoms with E-state index in [1.54, 1.807) is 24.5 Å². The molecule has 0 radical (unpaired) electrons. The van der Waals surface area contributed by atoms with Crippen LogP contribution in [0.2, 0.25) is 0 Å². The van der Waals surface area contributed by atoms with E-state index in [0.29, 0.717) is 31.2 Å². The molecule has 4 heterocycles. The number of aromatic nitrogens is 1. The van der Waals surface area contributed by atoms with Gasteiger partial charge in [0.2, 0.25) is 5.91 Å². The van der Waals surface area contributed by atoms with Gasteiger partial charge in [0.05, 0.1) is 18.2 Å². The number of terminal acetylenes is 1. The van der Waals surface area contributed by atoms with Gasteiger partial charge in [-0.05, 0) is 56.6 Å². The minimum Gasteiger partial charge on any atom is -0.333 e. The molecule has 0 aromatic carbocycles. The highest BCUT2D eigenvalue weighted by molar-refractivity contribution is 5.94. The molecule has 2 unspecified atom stereocenters. The van der Waals surface area contributed by atoms with E-state index in [9.17, 15) is 14.9 Å². The monoisotopic (exact) mass is 391 g/mol. The summed E-state index contributed by atoms with van der Waals surface area (Å²) in [4.78, 5) is 33.6. The Balaban J connectivity index is 1.47. The predicted octanol–water partition coefficient (Wildman–Crippen LogP) is 1.31. The number of carbonyl (C=O) groups excluding carboxylic acids is 2. The first-order valence-electron chi connectivity index (χ1n) is 10.2. The number of rotatable bonds is 3. The lowest BCUT2D eigenvalue weighted by atomic mass is 9.84. The van der Waals surface area contributed by atoms with Crippen molar-refractivity contribution in [3.8, 4) is 18.4 Å². The standard InChI is InChI=1S/C22H25N5O2/c1-2-16-3-6-19(13-23)26(16)22(29)20(24)15-11-17-4-5-18(12-15)27(17)21(28)14-7-9-25-10-8-14/h1,7-10,15-20H,3-6,11-12,24H2/t15?,16-,17?,18?,19-,20-/m0/s1. The summed E-state index contributed by atoms with van der Waals surface area (Å²) in [7, 11) is 0. The summed E-state index contributed by atoms with van der Waals surface area (Å²) < 4.78 is 0. The number of hydrogen-bond acceptors (Lipinski definition) is 5. The second kappa shape index (κ2) is 7.85. The van der Waals surface area contributed by atoms with Crippen LogP contribution in [0.3, 0.4) is 0 Å². The molecule has 7 heteroatoms. The topological polar surface area (TPSA) is 103 Å². The molecule has 0 spiro atoms. The van der Waals surface area contributed by atoms with E-state index in [1.807, 2.05) is 4.90 Å². The minimum absolute atomic E-state index is 0.0140. The number of nitriles is 1. The van der Waals surface area contributed by atoms with Crippen molar-refractivity contribution in [2.24, 2.45) is 11.7 Å². The number of likely N-dealkylation sites (tertiary alicyclic amines) is 1. The average molecular weight is 391 g/mol. The molecular formula is C22H25N5O2. The lowest BCUT2D eigenvalue weighted by molar-refractivity contribution is -0.135. The molecule has 3 fully saturated rings. The van der Waals surface area contributed by atoms with E-state index in [0.717, 1.165) is 12.8 Å². The second-order valence-corrected chi connectivity index (χ2v) is 8.24. The Morgan fingerprint density at radius 1 is 1.10 bits per heavy atom. The van der Waals surface area contributed by atoms with Crippen LogP contribution in [-0.2, 0) is 4.79 Å². The third kappa shape index (κ3) is 3.36. The molecule has 3 aliphatic rings. The molecule has 1 aromatic rings. The molecule has 5 atom stereocenters. The van der Waals surface area contributed by atoms with Gasteiger partial charge in [0.15, 0.2) is 0 Å². The van der Waals surface area contributed by atoms with Crippen molar-refractivity contribution in [3.63, 3.8) is 0 Å². The maximum Gasteiger partial charge on any atom is 0.254 e. The highest BCUT2D eigenvalue weighted by Gasteiger charge is 2.47. The molecule has 3 aliphatic heterocycles. The molecule has 4 rings (SSSR count). The van der Waals surface area contributed by atoms with Crippen LogP contribution in [0.25, 0.3) is 0 Å². The molecule has 2 bridgehead atoms. The first-order valence-corrected chi connectivity index (χ1v) is 10.2. The lowest BCUT2D eigenvalue weighted by Gasteiger charge is -2.41. The van der Waals surface area contributed by atoms with Gasteiger partial charge >= 0.3 is 0 Å². The van der Waals surface area contributed by atoms with E-state index in [2.05, 4.69) is 17.0 Å². The maximum absolute atomic E-state index is 13.1. The molecule has 7 nitrogen and oxygen atoms in total. The zero-order chi connectivity index (χ0) is 20.5. The van der Waals surface area contributed by atoms with Gasteiger partial charge in [-0.25, -0.2) is 0 Å². The van der Waals surface area contributed by atoms with Crippen molar-refractivity contribution < 1.29 is 9.59 Å².